The average Bonchev–Trinajstić information content (AvgIpc) is 3.54. The molecule has 9 nitrogen and oxygen atoms in total. The highest BCUT2D eigenvalue weighted by molar-refractivity contribution is 7.89. The van der Waals surface area contributed by atoms with E-state index in [1.165, 1.54) is 16.4 Å². The highest BCUT2D eigenvalue weighted by Gasteiger charge is 2.39. The quantitative estimate of drug-likeness (QED) is 0.345. The van der Waals surface area contributed by atoms with Crippen LogP contribution in [-0.2, 0) is 10.0 Å². The maximum Gasteiger partial charge on any atom is 0.243 e. The molecule has 40 heavy (non-hydrogen) atoms. The standard InChI is InChI=1S/C29H33FN6O3S/c1-21-3-2-15-34(21)20-29(37)12-17-35(18-13-29)40(38,39)25-8-6-24(7-9-25)32-28-31-14-10-27(33-28)36-16-11-22-4-5-23(30)19-26(22)36/h4-11,14,16,19,21,37H,2-3,12-13,15,17-18,20H2,1H3,(H,31,32,33)/t21-/m0/s1. The number of β-amino-alcohol motifs (C(OH)–C–C–N with tert-alkyl or cyclic N) is 1. The fourth-order valence-corrected chi connectivity index (χ4v) is 7.18. The Labute approximate surface area is 233 Å². The predicted molar refractivity (Wildman–Crippen MR) is 152 cm³/mol. The molecule has 2 aliphatic heterocycles. The number of anilines is 2. The number of rotatable bonds is 7. The number of piperidine rings is 1. The summed E-state index contributed by atoms with van der Waals surface area (Å²) in [6.45, 7) is 4.36. The van der Waals surface area contributed by atoms with Crippen LogP contribution in [0.5, 0.6) is 0 Å². The second-order valence-electron chi connectivity index (χ2n) is 10.9. The van der Waals surface area contributed by atoms with E-state index in [0.29, 0.717) is 61.5 Å². The SMILES string of the molecule is C[C@H]1CCCN1CC1(O)CCN(S(=O)(=O)c2ccc(Nc3nccc(-n4ccc5ccc(F)cc54)n3)cc2)CC1. The van der Waals surface area contributed by atoms with Crippen LogP contribution >= 0.6 is 0 Å². The minimum atomic E-state index is -3.68. The van der Waals surface area contributed by atoms with Crippen LogP contribution in [0.15, 0.2) is 71.9 Å². The van der Waals surface area contributed by atoms with Crippen LogP contribution in [0.25, 0.3) is 16.7 Å². The first-order valence-electron chi connectivity index (χ1n) is 13.6. The highest BCUT2D eigenvalue weighted by atomic mass is 32.2. The van der Waals surface area contributed by atoms with Crippen molar-refractivity contribution in [2.24, 2.45) is 0 Å². The van der Waals surface area contributed by atoms with Gasteiger partial charge in [-0.3, -0.25) is 4.90 Å². The molecule has 2 aliphatic rings. The number of benzene rings is 2. The second-order valence-corrected chi connectivity index (χ2v) is 12.8. The molecular formula is C29H33FN6O3S. The number of fused-ring (bicyclic) bond motifs is 1. The molecule has 4 aromatic rings. The molecule has 0 bridgehead atoms. The number of aliphatic hydroxyl groups is 1. The van der Waals surface area contributed by atoms with Crippen LogP contribution in [-0.4, -0.2) is 75.1 Å². The minimum Gasteiger partial charge on any atom is -0.388 e. The van der Waals surface area contributed by atoms with Crippen LogP contribution in [0.1, 0.15) is 32.6 Å². The maximum absolute atomic E-state index is 13.8. The molecule has 210 valence electrons. The molecule has 0 unspecified atom stereocenters. The lowest BCUT2D eigenvalue weighted by Gasteiger charge is -2.40. The Balaban J connectivity index is 1.12. The summed E-state index contributed by atoms with van der Waals surface area (Å²) in [6, 6.07) is 15.2. The summed E-state index contributed by atoms with van der Waals surface area (Å²) >= 11 is 0. The van der Waals surface area contributed by atoms with Gasteiger partial charge in [0, 0.05) is 49.1 Å². The van der Waals surface area contributed by atoms with Crippen LogP contribution in [0, 0.1) is 5.82 Å². The van der Waals surface area contributed by atoms with Crippen molar-refractivity contribution in [3.05, 3.63) is 72.8 Å². The van der Waals surface area contributed by atoms with Gasteiger partial charge >= 0.3 is 0 Å². The van der Waals surface area contributed by atoms with E-state index in [0.717, 1.165) is 24.8 Å². The van der Waals surface area contributed by atoms with Gasteiger partial charge in [0.05, 0.1) is 16.0 Å². The zero-order valence-electron chi connectivity index (χ0n) is 22.4. The van der Waals surface area contributed by atoms with Gasteiger partial charge in [-0.2, -0.15) is 9.29 Å². The molecule has 1 atom stereocenters. The van der Waals surface area contributed by atoms with E-state index >= 15 is 0 Å². The van der Waals surface area contributed by atoms with Crippen LogP contribution in [0.2, 0.25) is 0 Å². The molecule has 4 heterocycles. The van der Waals surface area contributed by atoms with Crippen molar-refractivity contribution in [1.29, 1.82) is 0 Å². The lowest BCUT2D eigenvalue weighted by molar-refractivity contribution is -0.0342. The largest absolute Gasteiger partial charge is 0.388 e. The second kappa shape index (κ2) is 10.5. The van der Waals surface area contributed by atoms with Crippen molar-refractivity contribution in [2.75, 3.05) is 31.5 Å². The Morgan fingerprint density at radius 3 is 2.58 bits per heavy atom. The Morgan fingerprint density at radius 1 is 1.07 bits per heavy atom. The number of nitrogens with one attached hydrogen (secondary N) is 1. The summed E-state index contributed by atoms with van der Waals surface area (Å²) in [5.41, 5.74) is 0.474. The van der Waals surface area contributed by atoms with Gasteiger partial charge in [-0.05, 0) is 93.7 Å². The third kappa shape index (κ3) is 5.34. The van der Waals surface area contributed by atoms with E-state index in [-0.39, 0.29) is 10.7 Å². The lowest BCUT2D eigenvalue weighted by Crippen LogP contribution is -2.52. The zero-order chi connectivity index (χ0) is 27.9. The summed E-state index contributed by atoms with van der Waals surface area (Å²) in [7, 11) is -3.68. The normalized spacial score (nSPS) is 20.2. The van der Waals surface area contributed by atoms with Crippen LogP contribution in [0.3, 0.4) is 0 Å². The minimum absolute atomic E-state index is 0.201. The van der Waals surface area contributed by atoms with Gasteiger partial charge in [-0.1, -0.05) is 0 Å². The third-order valence-electron chi connectivity index (χ3n) is 8.13. The average molecular weight is 565 g/mol. The number of hydrogen-bond acceptors (Lipinski definition) is 7. The van der Waals surface area contributed by atoms with Gasteiger partial charge < -0.3 is 15.0 Å². The zero-order valence-corrected chi connectivity index (χ0v) is 23.2. The number of halogens is 1. The molecule has 2 fully saturated rings. The fourth-order valence-electron chi connectivity index (χ4n) is 5.74. The Morgan fingerprint density at radius 2 is 1.85 bits per heavy atom. The molecule has 2 N–H and O–H groups in total. The highest BCUT2D eigenvalue weighted by Crippen LogP contribution is 2.30. The van der Waals surface area contributed by atoms with Crippen molar-refractivity contribution < 1.29 is 17.9 Å². The van der Waals surface area contributed by atoms with Crippen LogP contribution in [0.4, 0.5) is 16.0 Å². The van der Waals surface area contributed by atoms with E-state index in [1.54, 1.807) is 47.2 Å². The molecule has 0 radical (unpaired) electrons. The molecule has 2 aromatic carbocycles. The Bertz CT molecular complexity index is 1620. The third-order valence-corrected chi connectivity index (χ3v) is 10.0. The molecule has 2 saturated heterocycles. The van der Waals surface area contributed by atoms with E-state index in [1.807, 2.05) is 12.3 Å². The first-order chi connectivity index (χ1) is 19.2. The molecule has 6 rings (SSSR count). The topological polar surface area (TPSA) is 104 Å². The number of hydrogen-bond donors (Lipinski definition) is 2. The maximum atomic E-state index is 13.8. The molecule has 0 spiro atoms. The van der Waals surface area contributed by atoms with Gasteiger partial charge in [0.25, 0.3) is 0 Å². The van der Waals surface area contributed by atoms with Gasteiger partial charge in [-0.25, -0.2) is 17.8 Å². The molecule has 0 amide bonds. The monoisotopic (exact) mass is 564 g/mol. The number of likely N-dealkylation sites (tertiary alicyclic amines) is 1. The predicted octanol–water partition coefficient (Wildman–Crippen LogP) is 4.30. The van der Waals surface area contributed by atoms with Gasteiger partial charge in [0.15, 0.2) is 0 Å². The van der Waals surface area contributed by atoms with Gasteiger partial charge in [-0.15, -0.1) is 0 Å². The number of aromatic nitrogens is 3. The number of nitrogens with zero attached hydrogens (tertiary/aromatic N) is 5. The smallest absolute Gasteiger partial charge is 0.243 e. The first-order valence-corrected chi connectivity index (χ1v) is 15.1. The number of sulfonamides is 1. The molecule has 11 heteroatoms. The van der Waals surface area contributed by atoms with E-state index in [2.05, 4.69) is 27.1 Å². The van der Waals surface area contributed by atoms with Crippen molar-refractivity contribution in [1.82, 2.24) is 23.7 Å². The van der Waals surface area contributed by atoms with Gasteiger partial charge in [0.1, 0.15) is 11.6 Å². The van der Waals surface area contributed by atoms with E-state index in [9.17, 15) is 17.9 Å². The van der Waals surface area contributed by atoms with E-state index < -0.39 is 15.6 Å². The summed E-state index contributed by atoms with van der Waals surface area (Å²) < 4.78 is 43.7. The summed E-state index contributed by atoms with van der Waals surface area (Å²) in [6.07, 6.45) is 6.56. The summed E-state index contributed by atoms with van der Waals surface area (Å²) in [4.78, 5) is 11.3. The molecule has 0 saturated carbocycles. The molecule has 0 aliphatic carbocycles. The van der Waals surface area contributed by atoms with Gasteiger partial charge in [0.2, 0.25) is 16.0 Å². The Hall–Kier alpha value is -3.38. The fraction of sp³-hybridized carbons (Fsp3) is 0.379. The lowest BCUT2D eigenvalue weighted by atomic mass is 9.91. The summed E-state index contributed by atoms with van der Waals surface area (Å²) in [5.74, 6) is 0.572. The summed E-state index contributed by atoms with van der Waals surface area (Å²) in [5, 5.41) is 15.1. The van der Waals surface area contributed by atoms with Crippen molar-refractivity contribution >= 4 is 32.6 Å². The Kier molecular flexibility index (Phi) is 7.07. The molecular weight excluding hydrogens is 531 g/mol. The van der Waals surface area contributed by atoms with Crippen molar-refractivity contribution in [2.45, 2.75) is 49.1 Å². The first kappa shape index (κ1) is 26.8. The molecule has 2 aromatic heterocycles. The van der Waals surface area contributed by atoms with Crippen molar-refractivity contribution in [3.63, 3.8) is 0 Å². The van der Waals surface area contributed by atoms with Crippen LogP contribution < -0.4 is 5.32 Å². The van der Waals surface area contributed by atoms with E-state index in [4.69, 9.17) is 0 Å². The van der Waals surface area contributed by atoms with Crippen molar-refractivity contribution in [3.8, 4) is 5.82 Å².